The summed E-state index contributed by atoms with van der Waals surface area (Å²) in [7, 11) is 0. The molecule has 0 N–H and O–H groups in total. The summed E-state index contributed by atoms with van der Waals surface area (Å²) in [6.07, 6.45) is 6.66. The highest BCUT2D eigenvalue weighted by molar-refractivity contribution is 5.09. The van der Waals surface area contributed by atoms with Crippen molar-refractivity contribution in [2.24, 2.45) is 0 Å². The van der Waals surface area contributed by atoms with Crippen LogP contribution in [0.25, 0.3) is 0 Å². The molecule has 1 aliphatic rings. The quantitative estimate of drug-likeness (QED) is 0.462. The Kier molecular flexibility index (Phi) is 2.73. The topological polar surface area (TPSA) is 12.5 Å². The predicted molar refractivity (Wildman–Crippen MR) is 52.1 cm³/mol. The number of epoxide rings is 1. The third kappa shape index (κ3) is 2.21. The summed E-state index contributed by atoms with van der Waals surface area (Å²) in [5.74, 6) is 0. The normalized spacial score (nSPS) is 32.8. The molecule has 0 aromatic heterocycles. The molecule has 0 aromatic rings. The maximum absolute atomic E-state index is 5.49. The van der Waals surface area contributed by atoms with Gasteiger partial charge in [-0.1, -0.05) is 17.7 Å². The molecule has 0 spiro atoms. The Hall–Kier alpha value is -0.560. The predicted octanol–water partition coefficient (Wildman–Crippen LogP) is 3.08. The Balaban J connectivity index is 2.25. The van der Waals surface area contributed by atoms with E-state index in [1.165, 1.54) is 5.57 Å². The number of hydrogen-bond acceptors (Lipinski definition) is 1. The van der Waals surface area contributed by atoms with E-state index in [2.05, 4.69) is 33.4 Å². The minimum absolute atomic E-state index is 0.0910. The summed E-state index contributed by atoms with van der Waals surface area (Å²) in [5.41, 5.74) is 1.47. The number of allylic oxidation sites excluding steroid dienone is 2. The minimum Gasteiger partial charge on any atom is -0.362 e. The molecule has 1 heteroatoms. The smallest absolute Gasteiger partial charge is 0.105 e. The van der Waals surface area contributed by atoms with Crippen molar-refractivity contribution in [3.63, 3.8) is 0 Å². The lowest BCUT2D eigenvalue weighted by Crippen LogP contribution is -2.07. The molecule has 0 aromatic carbocycles. The van der Waals surface area contributed by atoms with E-state index in [0.717, 1.165) is 12.8 Å². The van der Waals surface area contributed by atoms with Crippen LogP contribution in [0.2, 0.25) is 0 Å². The second-order valence-electron chi connectivity index (χ2n) is 3.91. The van der Waals surface area contributed by atoms with E-state index in [-0.39, 0.29) is 5.60 Å². The van der Waals surface area contributed by atoms with Crippen LogP contribution in [0.15, 0.2) is 24.3 Å². The van der Waals surface area contributed by atoms with Gasteiger partial charge in [-0.05, 0) is 33.6 Å². The van der Waals surface area contributed by atoms with E-state index < -0.39 is 0 Å². The van der Waals surface area contributed by atoms with Crippen molar-refractivity contribution in [3.05, 3.63) is 24.3 Å². The minimum atomic E-state index is 0.0910. The first-order valence-electron chi connectivity index (χ1n) is 4.52. The monoisotopic (exact) mass is 166 g/mol. The van der Waals surface area contributed by atoms with Gasteiger partial charge in [-0.25, -0.2) is 0 Å². The molecule has 1 saturated heterocycles. The van der Waals surface area contributed by atoms with Crippen LogP contribution in [0, 0.1) is 0 Å². The van der Waals surface area contributed by atoms with Gasteiger partial charge >= 0.3 is 0 Å². The summed E-state index contributed by atoms with van der Waals surface area (Å²) in [6.45, 7) is 10.1. The standard InChI is InChI=1S/C11H18O/c1-5-10-11(4,12-10)8-6-7-9(2)3/h5,7,10H,1,6,8H2,2-4H3/t10?,11-/m0/s1. The third-order valence-electron chi connectivity index (χ3n) is 2.35. The molecule has 0 bridgehead atoms. The summed E-state index contributed by atoms with van der Waals surface area (Å²) >= 11 is 0. The highest BCUT2D eigenvalue weighted by atomic mass is 16.6. The highest BCUT2D eigenvalue weighted by Crippen LogP contribution is 2.40. The zero-order valence-corrected chi connectivity index (χ0v) is 8.26. The van der Waals surface area contributed by atoms with Crippen molar-refractivity contribution in [2.45, 2.75) is 45.3 Å². The zero-order valence-electron chi connectivity index (χ0n) is 8.26. The van der Waals surface area contributed by atoms with E-state index in [1.54, 1.807) is 0 Å². The first kappa shape index (κ1) is 9.53. The van der Waals surface area contributed by atoms with Crippen molar-refractivity contribution >= 4 is 0 Å². The molecule has 1 fully saturated rings. The molecule has 0 amide bonds. The fourth-order valence-corrected chi connectivity index (χ4v) is 1.40. The third-order valence-corrected chi connectivity index (χ3v) is 2.35. The molecule has 1 nitrogen and oxygen atoms in total. The molecule has 1 unspecified atom stereocenters. The highest BCUT2D eigenvalue weighted by Gasteiger charge is 2.49. The molecule has 1 aliphatic heterocycles. The van der Waals surface area contributed by atoms with Crippen molar-refractivity contribution < 1.29 is 4.74 Å². The molecule has 68 valence electrons. The van der Waals surface area contributed by atoms with Crippen LogP contribution in [-0.2, 0) is 4.74 Å². The van der Waals surface area contributed by atoms with Gasteiger partial charge in [-0.15, -0.1) is 6.58 Å². The van der Waals surface area contributed by atoms with Gasteiger partial charge in [0, 0.05) is 0 Å². The van der Waals surface area contributed by atoms with Crippen molar-refractivity contribution in [2.75, 3.05) is 0 Å². The molecule has 2 atom stereocenters. The van der Waals surface area contributed by atoms with Crippen LogP contribution in [0.3, 0.4) is 0 Å². The SMILES string of the molecule is C=CC1O[C@@]1(C)CCC=C(C)C. The van der Waals surface area contributed by atoms with Gasteiger partial charge in [0.25, 0.3) is 0 Å². The molecule has 0 aliphatic carbocycles. The van der Waals surface area contributed by atoms with Crippen molar-refractivity contribution in [1.29, 1.82) is 0 Å². The Labute approximate surface area is 75.1 Å². The van der Waals surface area contributed by atoms with Crippen LogP contribution < -0.4 is 0 Å². The largest absolute Gasteiger partial charge is 0.362 e. The second kappa shape index (κ2) is 3.44. The van der Waals surface area contributed by atoms with Crippen molar-refractivity contribution in [3.8, 4) is 0 Å². The fourth-order valence-electron chi connectivity index (χ4n) is 1.40. The van der Waals surface area contributed by atoms with Crippen LogP contribution in [0.4, 0.5) is 0 Å². The molecule has 1 rings (SSSR count). The molecule has 0 radical (unpaired) electrons. The molecular formula is C11H18O. The summed E-state index contributed by atoms with van der Waals surface area (Å²) in [4.78, 5) is 0. The molecule has 12 heavy (non-hydrogen) atoms. The van der Waals surface area contributed by atoms with Gasteiger partial charge < -0.3 is 4.74 Å². The number of rotatable bonds is 4. The molecule has 0 saturated carbocycles. The first-order chi connectivity index (χ1) is 5.58. The Morgan fingerprint density at radius 1 is 1.58 bits per heavy atom. The Morgan fingerprint density at radius 2 is 2.25 bits per heavy atom. The number of hydrogen-bond donors (Lipinski definition) is 0. The lowest BCUT2D eigenvalue weighted by atomic mass is 10.0. The van der Waals surface area contributed by atoms with E-state index in [4.69, 9.17) is 4.74 Å². The maximum Gasteiger partial charge on any atom is 0.105 e. The lowest BCUT2D eigenvalue weighted by molar-refractivity contribution is 0.304. The van der Waals surface area contributed by atoms with Gasteiger partial charge in [-0.3, -0.25) is 0 Å². The van der Waals surface area contributed by atoms with Gasteiger partial charge in [0.2, 0.25) is 0 Å². The van der Waals surface area contributed by atoms with Crippen LogP contribution in [0.5, 0.6) is 0 Å². The first-order valence-corrected chi connectivity index (χ1v) is 4.52. The summed E-state index contributed by atoms with van der Waals surface area (Å²) in [6, 6.07) is 0. The molecular weight excluding hydrogens is 148 g/mol. The number of ether oxygens (including phenoxy) is 1. The lowest BCUT2D eigenvalue weighted by Gasteiger charge is -2.01. The maximum atomic E-state index is 5.49. The van der Waals surface area contributed by atoms with Gasteiger partial charge in [0.1, 0.15) is 6.10 Å². The van der Waals surface area contributed by atoms with Crippen molar-refractivity contribution in [1.82, 2.24) is 0 Å². The van der Waals surface area contributed by atoms with Gasteiger partial charge in [-0.2, -0.15) is 0 Å². The van der Waals surface area contributed by atoms with Crippen LogP contribution in [-0.4, -0.2) is 11.7 Å². The van der Waals surface area contributed by atoms with E-state index in [1.807, 2.05) is 6.08 Å². The summed E-state index contributed by atoms with van der Waals surface area (Å²) < 4.78 is 5.49. The Bertz CT molecular complexity index is 201. The van der Waals surface area contributed by atoms with E-state index >= 15 is 0 Å². The summed E-state index contributed by atoms with van der Waals surface area (Å²) in [5, 5.41) is 0. The van der Waals surface area contributed by atoms with E-state index in [0.29, 0.717) is 6.10 Å². The average molecular weight is 166 g/mol. The van der Waals surface area contributed by atoms with Crippen LogP contribution in [0.1, 0.15) is 33.6 Å². The van der Waals surface area contributed by atoms with Gasteiger partial charge in [0.05, 0.1) is 5.60 Å². The zero-order chi connectivity index (χ0) is 9.19. The second-order valence-corrected chi connectivity index (χ2v) is 3.91. The van der Waals surface area contributed by atoms with Crippen LogP contribution >= 0.6 is 0 Å². The molecule has 1 heterocycles. The Morgan fingerprint density at radius 3 is 2.67 bits per heavy atom. The average Bonchev–Trinajstić information content (AvgIpc) is 2.61. The fraction of sp³-hybridized carbons (Fsp3) is 0.636. The van der Waals surface area contributed by atoms with E-state index in [9.17, 15) is 0 Å². The van der Waals surface area contributed by atoms with Gasteiger partial charge in [0.15, 0.2) is 0 Å².